The standard InChI is InChI=1S/C22H21F4N5O4S/c1-10(31-3-2-21(23,24)13(9-31)12-4-11(7-27)19(33)28-8-12)18(32)30-20-29-14-5-15-16(6-17(14)36-20)35-22(25,26)34-15/h4-6,8,10,13H,2-3,7,9,27H2,1H3,(H,28,33)(H,29,30,32)/t10-,13-/m0/s1. The zero-order valence-corrected chi connectivity index (χ0v) is 19.6. The Kier molecular flexibility index (Phi) is 5.92. The Morgan fingerprint density at radius 1 is 1.31 bits per heavy atom. The summed E-state index contributed by atoms with van der Waals surface area (Å²) in [7, 11) is 0. The third-order valence-corrected chi connectivity index (χ3v) is 7.29. The number of H-pyrrole nitrogens is 1. The zero-order valence-electron chi connectivity index (χ0n) is 18.8. The van der Waals surface area contributed by atoms with E-state index in [4.69, 9.17) is 5.73 Å². The van der Waals surface area contributed by atoms with Gasteiger partial charge in [0.25, 0.3) is 11.5 Å². The van der Waals surface area contributed by atoms with Crippen LogP contribution in [0.1, 0.15) is 30.4 Å². The summed E-state index contributed by atoms with van der Waals surface area (Å²) in [5.74, 6) is -5.04. The van der Waals surface area contributed by atoms with Crippen LogP contribution in [0.15, 0.2) is 29.2 Å². The SMILES string of the molecule is C[C@@H](C(=O)Nc1nc2cc3c(cc2s1)OC(F)(F)O3)N1CCC(F)(F)[C@H](c2c[nH]c(=O)c(CN)c2)C1. The molecular formula is C22H21F4N5O4S. The van der Waals surface area contributed by atoms with Crippen LogP contribution >= 0.6 is 11.3 Å². The van der Waals surface area contributed by atoms with Gasteiger partial charge in [0.1, 0.15) is 0 Å². The van der Waals surface area contributed by atoms with Crippen molar-refractivity contribution < 1.29 is 31.8 Å². The van der Waals surface area contributed by atoms with E-state index in [1.807, 2.05) is 0 Å². The van der Waals surface area contributed by atoms with Crippen molar-refractivity contribution in [2.24, 2.45) is 5.73 Å². The number of piperidine rings is 1. The molecule has 2 aliphatic heterocycles. The lowest BCUT2D eigenvalue weighted by molar-refractivity contribution is -0.286. The Morgan fingerprint density at radius 3 is 2.75 bits per heavy atom. The molecule has 14 heteroatoms. The van der Waals surface area contributed by atoms with Gasteiger partial charge < -0.3 is 25.5 Å². The zero-order chi connectivity index (χ0) is 25.8. The molecule has 1 saturated heterocycles. The fourth-order valence-corrected chi connectivity index (χ4v) is 5.21. The highest BCUT2D eigenvalue weighted by Crippen LogP contribution is 2.45. The van der Waals surface area contributed by atoms with E-state index in [1.165, 1.54) is 24.4 Å². The van der Waals surface area contributed by atoms with E-state index >= 15 is 0 Å². The first kappa shape index (κ1) is 24.5. The smallest absolute Gasteiger partial charge is 0.395 e. The predicted octanol–water partition coefficient (Wildman–Crippen LogP) is 3.22. The summed E-state index contributed by atoms with van der Waals surface area (Å²) >= 11 is 1.05. The number of carbonyl (C=O) groups is 1. The Hall–Kier alpha value is -3.23. The third-order valence-electron chi connectivity index (χ3n) is 6.35. The number of halogens is 4. The quantitative estimate of drug-likeness (QED) is 0.436. The van der Waals surface area contributed by atoms with Crippen molar-refractivity contribution in [1.29, 1.82) is 0 Å². The van der Waals surface area contributed by atoms with Gasteiger partial charge in [-0.1, -0.05) is 11.3 Å². The molecule has 192 valence electrons. The summed E-state index contributed by atoms with van der Waals surface area (Å²) in [6.07, 6.45) is -2.96. The summed E-state index contributed by atoms with van der Waals surface area (Å²) in [5, 5.41) is 2.88. The molecule has 0 spiro atoms. The topological polar surface area (TPSA) is 123 Å². The van der Waals surface area contributed by atoms with E-state index in [0.717, 1.165) is 11.3 Å². The van der Waals surface area contributed by atoms with E-state index in [2.05, 4.69) is 24.8 Å². The Labute approximate surface area is 205 Å². The number of likely N-dealkylation sites (tertiary alicyclic amines) is 1. The molecule has 3 aromatic rings. The molecule has 2 atom stereocenters. The number of thiazole rings is 1. The van der Waals surface area contributed by atoms with E-state index < -0.39 is 42.1 Å². The molecule has 0 aliphatic carbocycles. The average Bonchev–Trinajstić information content (AvgIpc) is 3.33. The number of anilines is 1. The first-order valence-corrected chi connectivity index (χ1v) is 11.8. The van der Waals surface area contributed by atoms with E-state index in [1.54, 1.807) is 11.8 Å². The molecule has 4 N–H and O–H groups in total. The number of aromatic nitrogens is 2. The van der Waals surface area contributed by atoms with E-state index in [-0.39, 0.29) is 47.4 Å². The molecule has 5 rings (SSSR count). The molecule has 36 heavy (non-hydrogen) atoms. The number of nitrogens with two attached hydrogens (primary N) is 1. The lowest BCUT2D eigenvalue weighted by Crippen LogP contribution is -2.52. The number of carbonyl (C=O) groups excluding carboxylic acids is 1. The molecule has 4 heterocycles. The summed E-state index contributed by atoms with van der Waals surface area (Å²) in [4.78, 5) is 33.1. The van der Waals surface area contributed by atoms with Crippen LogP contribution in [0.4, 0.5) is 22.7 Å². The van der Waals surface area contributed by atoms with Gasteiger partial charge in [-0.2, -0.15) is 0 Å². The number of rotatable bonds is 5. The Morgan fingerprint density at radius 2 is 2.03 bits per heavy atom. The van der Waals surface area contributed by atoms with Crippen molar-refractivity contribution in [3.63, 3.8) is 0 Å². The number of amides is 1. The second-order valence-corrected chi connectivity index (χ2v) is 9.70. The van der Waals surface area contributed by atoms with Gasteiger partial charge in [0.15, 0.2) is 16.6 Å². The molecule has 0 unspecified atom stereocenters. The molecule has 2 aromatic heterocycles. The molecule has 1 amide bonds. The van der Waals surface area contributed by atoms with Crippen LogP contribution in [0.3, 0.4) is 0 Å². The van der Waals surface area contributed by atoms with Gasteiger partial charge in [0, 0.05) is 49.9 Å². The van der Waals surface area contributed by atoms with Crippen molar-refractivity contribution in [2.75, 3.05) is 18.4 Å². The van der Waals surface area contributed by atoms with Gasteiger partial charge in [-0.15, -0.1) is 8.78 Å². The van der Waals surface area contributed by atoms with Gasteiger partial charge >= 0.3 is 6.29 Å². The minimum atomic E-state index is -3.75. The molecule has 0 bridgehead atoms. The van der Waals surface area contributed by atoms with Gasteiger partial charge in [0.2, 0.25) is 5.91 Å². The number of alkyl halides is 4. The Bertz CT molecular complexity index is 1350. The summed E-state index contributed by atoms with van der Waals surface area (Å²) in [6, 6.07) is 3.24. The molecule has 1 aromatic carbocycles. The fraction of sp³-hybridized carbons (Fsp3) is 0.409. The number of ether oxygens (including phenoxy) is 2. The number of fused-ring (bicyclic) bond motifs is 2. The number of hydrogen-bond acceptors (Lipinski definition) is 8. The van der Waals surface area contributed by atoms with Crippen LogP contribution < -0.4 is 26.1 Å². The maximum absolute atomic E-state index is 14.8. The first-order valence-electron chi connectivity index (χ1n) is 11.0. The number of hydrogen-bond donors (Lipinski definition) is 3. The largest absolute Gasteiger partial charge is 0.586 e. The van der Waals surface area contributed by atoms with Crippen LogP contribution in [0.2, 0.25) is 0 Å². The van der Waals surface area contributed by atoms with Crippen molar-refractivity contribution in [3.05, 3.63) is 45.9 Å². The minimum absolute atomic E-state index is 0.0133. The van der Waals surface area contributed by atoms with Crippen molar-refractivity contribution in [1.82, 2.24) is 14.9 Å². The first-order chi connectivity index (χ1) is 17.0. The summed E-state index contributed by atoms with van der Waals surface area (Å²) in [6.45, 7) is 1.38. The van der Waals surface area contributed by atoms with Crippen molar-refractivity contribution in [2.45, 2.75) is 44.1 Å². The molecule has 9 nitrogen and oxygen atoms in total. The third kappa shape index (κ3) is 4.51. The second-order valence-electron chi connectivity index (χ2n) is 8.67. The van der Waals surface area contributed by atoms with Crippen LogP contribution in [-0.4, -0.2) is 52.1 Å². The Balaban J connectivity index is 1.31. The number of nitrogens with one attached hydrogen (secondary N) is 2. The average molecular weight is 528 g/mol. The highest BCUT2D eigenvalue weighted by Gasteiger charge is 2.47. The van der Waals surface area contributed by atoms with E-state index in [0.29, 0.717) is 10.2 Å². The number of nitrogens with zero attached hydrogens (tertiary/aromatic N) is 2. The van der Waals surface area contributed by atoms with Crippen LogP contribution in [-0.2, 0) is 11.3 Å². The number of pyridine rings is 1. The monoisotopic (exact) mass is 527 g/mol. The van der Waals surface area contributed by atoms with Gasteiger partial charge in [0.05, 0.1) is 22.2 Å². The van der Waals surface area contributed by atoms with Gasteiger partial charge in [-0.05, 0) is 18.6 Å². The van der Waals surface area contributed by atoms with Crippen LogP contribution in [0.5, 0.6) is 11.5 Å². The van der Waals surface area contributed by atoms with Crippen molar-refractivity contribution >= 4 is 32.6 Å². The molecule has 0 saturated carbocycles. The maximum atomic E-state index is 14.8. The molecule has 1 fully saturated rings. The second kappa shape index (κ2) is 8.71. The van der Waals surface area contributed by atoms with Crippen LogP contribution in [0.25, 0.3) is 10.2 Å². The van der Waals surface area contributed by atoms with Gasteiger partial charge in [-0.3, -0.25) is 14.5 Å². The predicted molar refractivity (Wildman–Crippen MR) is 123 cm³/mol. The van der Waals surface area contributed by atoms with E-state index in [9.17, 15) is 27.2 Å². The summed E-state index contributed by atoms with van der Waals surface area (Å²) in [5.41, 5.74) is 5.89. The number of benzene rings is 1. The highest BCUT2D eigenvalue weighted by atomic mass is 32.1. The number of aromatic amines is 1. The highest BCUT2D eigenvalue weighted by molar-refractivity contribution is 7.22. The van der Waals surface area contributed by atoms with Crippen LogP contribution in [0, 0.1) is 0 Å². The molecule has 0 radical (unpaired) electrons. The summed E-state index contributed by atoms with van der Waals surface area (Å²) < 4.78 is 65.5. The normalized spacial score (nSPS) is 21.4. The minimum Gasteiger partial charge on any atom is -0.395 e. The van der Waals surface area contributed by atoms with Crippen molar-refractivity contribution in [3.8, 4) is 11.5 Å². The molecule has 2 aliphatic rings. The maximum Gasteiger partial charge on any atom is 0.586 e. The van der Waals surface area contributed by atoms with Gasteiger partial charge in [-0.25, -0.2) is 13.8 Å². The lowest BCUT2D eigenvalue weighted by atomic mass is 9.86. The fourth-order valence-electron chi connectivity index (χ4n) is 4.33. The lowest BCUT2D eigenvalue weighted by Gasteiger charge is -2.40. The molecular weight excluding hydrogens is 506 g/mol.